The first-order valence-corrected chi connectivity index (χ1v) is 19.3. The van der Waals surface area contributed by atoms with E-state index < -0.39 is 5.41 Å². The average molecular weight is 707 g/mol. The van der Waals surface area contributed by atoms with Gasteiger partial charge in [0.25, 0.3) is 0 Å². The molecule has 0 saturated carbocycles. The van der Waals surface area contributed by atoms with Crippen molar-refractivity contribution in [2.24, 2.45) is 0 Å². The average Bonchev–Trinajstić information content (AvgIpc) is 3.68. The highest BCUT2D eigenvalue weighted by atomic mass is 15.1. The van der Waals surface area contributed by atoms with Crippen LogP contribution in [0.5, 0.6) is 0 Å². The van der Waals surface area contributed by atoms with Crippen molar-refractivity contribution in [1.29, 1.82) is 0 Å². The monoisotopic (exact) mass is 706 g/mol. The Kier molecular flexibility index (Phi) is 7.64. The summed E-state index contributed by atoms with van der Waals surface area (Å²) < 4.78 is 0. The van der Waals surface area contributed by atoms with Gasteiger partial charge in [0, 0.05) is 34.1 Å². The molecule has 0 fully saturated rings. The molecule has 264 valence electrons. The van der Waals surface area contributed by atoms with E-state index in [1.54, 1.807) is 0 Å². The molecule has 0 unspecified atom stereocenters. The lowest BCUT2D eigenvalue weighted by molar-refractivity contribution is 0.793. The van der Waals surface area contributed by atoms with E-state index in [1.165, 1.54) is 66.8 Å². The molecule has 0 amide bonds. The molecule has 0 saturated heterocycles. The molecule has 8 aromatic carbocycles. The van der Waals surface area contributed by atoms with E-state index in [9.17, 15) is 0 Å². The largest absolute Gasteiger partial charge is 0.310 e. The van der Waals surface area contributed by atoms with Crippen molar-refractivity contribution in [2.75, 3.05) is 9.80 Å². The van der Waals surface area contributed by atoms with Crippen LogP contribution in [-0.4, -0.2) is 0 Å². The Bertz CT molecular complexity index is 2440. The van der Waals surface area contributed by atoms with E-state index in [2.05, 4.69) is 219 Å². The number of nitrogens with zero attached hydrogens (tertiary/aromatic N) is 2. The van der Waals surface area contributed by atoms with Crippen LogP contribution in [-0.2, 0) is 5.41 Å². The van der Waals surface area contributed by atoms with Crippen molar-refractivity contribution in [3.63, 3.8) is 0 Å². The van der Waals surface area contributed by atoms with Crippen LogP contribution in [0, 0.1) is 27.7 Å². The fraction of sp³-hybridized carbons (Fsp3) is 0.0943. The van der Waals surface area contributed by atoms with Gasteiger partial charge in [-0.25, -0.2) is 0 Å². The molecule has 2 aliphatic rings. The third-order valence-electron chi connectivity index (χ3n) is 11.7. The molecule has 0 aliphatic heterocycles. The lowest BCUT2D eigenvalue weighted by Crippen LogP contribution is -2.26. The normalized spacial score (nSPS) is 12.9. The molecule has 0 heterocycles. The zero-order valence-corrected chi connectivity index (χ0v) is 31.7. The van der Waals surface area contributed by atoms with Crippen molar-refractivity contribution >= 4 is 34.1 Å². The van der Waals surface area contributed by atoms with Crippen LogP contribution in [0.3, 0.4) is 0 Å². The Hall–Kier alpha value is -6.64. The molecule has 2 nitrogen and oxygen atoms in total. The fourth-order valence-electron chi connectivity index (χ4n) is 9.06. The van der Waals surface area contributed by atoms with Gasteiger partial charge >= 0.3 is 0 Å². The SMILES string of the molecule is Cc1ccc(N(c2ccc(C)cc2)c2ccc3c(c2)C2(c4ccccc4-3)c3ccccc3-c3ccc(N(c4ccc(C)cc4)c4ccc(C)cc4)cc32)cc1. The van der Waals surface area contributed by atoms with Gasteiger partial charge in [-0.1, -0.05) is 131 Å². The van der Waals surface area contributed by atoms with Crippen LogP contribution in [0.2, 0.25) is 0 Å². The summed E-state index contributed by atoms with van der Waals surface area (Å²) in [5, 5.41) is 0. The topological polar surface area (TPSA) is 6.48 Å². The lowest BCUT2D eigenvalue weighted by atomic mass is 9.70. The molecular weight excluding hydrogens is 665 g/mol. The molecule has 55 heavy (non-hydrogen) atoms. The maximum Gasteiger partial charge on any atom is 0.0727 e. The van der Waals surface area contributed by atoms with Gasteiger partial charge in [-0.05, 0) is 145 Å². The van der Waals surface area contributed by atoms with Gasteiger partial charge in [0.15, 0.2) is 0 Å². The van der Waals surface area contributed by atoms with E-state index in [1.807, 2.05) is 0 Å². The molecule has 0 N–H and O–H groups in total. The molecule has 0 bridgehead atoms. The fourth-order valence-corrected chi connectivity index (χ4v) is 9.06. The second-order valence-corrected chi connectivity index (χ2v) is 15.3. The number of benzene rings is 8. The van der Waals surface area contributed by atoms with E-state index in [4.69, 9.17) is 0 Å². The van der Waals surface area contributed by atoms with Crippen molar-refractivity contribution in [3.05, 3.63) is 226 Å². The van der Waals surface area contributed by atoms with Crippen molar-refractivity contribution < 1.29 is 0 Å². The first-order chi connectivity index (χ1) is 26.9. The van der Waals surface area contributed by atoms with Crippen LogP contribution < -0.4 is 9.80 Å². The summed E-state index contributed by atoms with van der Waals surface area (Å²) >= 11 is 0. The van der Waals surface area contributed by atoms with Gasteiger partial charge in [0.2, 0.25) is 0 Å². The molecule has 0 radical (unpaired) electrons. The summed E-state index contributed by atoms with van der Waals surface area (Å²) in [6.45, 7) is 8.60. The second kappa shape index (κ2) is 12.7. The maximum absolute atomic E-state index is 2.48. The van der Waals surface area contributed by atoms with E-state index >= 15 is 0 Å². The third-order valence-corrected chi connectivity index (χ3v) is 11.7. The molecule has 0 atom stereocenters. The van der Waals surface area contributed by atoms with E-state index in [0.717, 1.165) is 34.1 Å². The smallest absolute Gasteiger partial charge is 0.0727 e. The molecule has 8 aromatic rings. The van der Waals surface area contributed by atoms with Crippen molar-refractivity contribution in [2.45, 2.75) is 33.1 Å². The Morgan fingerprint density at radius 1 is 0.273 bits per heavy atom. The van der Waals surface area contributed by atoms with Gasteiger partial charge in [0.1, 0.15) is 0 Å². The van der Waals surface area contributed by atoms with Gasteiger partial charge in [-0.3, -0.25) is 0 Å². The minimum Gasteiger partial charge on any atom is -0.310 e. The summed E-state index contributed by atoms with van der Waals surface area (Å²) in [7, 11) is 0. The van der Waals surface area contributed by atoms with Crippen LogP contribution in [0.25, 0.3) is 22.3 Å². The predicted octanol–water partition coefficient (Wildman–Crippen LogP) is 14.2. The molecule has 10 rings (SSSR count). The zero-order chi connectivity index (χ0) is 37.3. The summed E-state index contributed by atoms with van der Waals surface area (Å²) in [6, 6.07) is 68.1. The second-order valence-electron chi connectivity index (χ2n) is 15.3. The number of aryl methyl sites for hydroxylation is 4. The van der Waals surface area contributed by atoms with E-state index in [0.29, 0.717) is 0 Å². The van der Waals surface area contributed by atoms with Crippen LogP contribution in [0.15, 0.2) is 182 Å². The summed E-state index contributed by atoms with van der Waals surface area (Å²) in [5.41, 5.74) is 21.8. The molecule has 2 heteroatoms. The first kappa shape index (κ1) is 33.0. The van der Waals surface area contributed by atoms with E-state index in [-0.39, 0.29) is 0 Å². The quantitative estimate of drug-likeness (QED) is 0.170. The number of hydrogen-bond donors (Lipinski definition) is 0. The van der Waals surface area contributed by atoms with Gasteiger partial charge in [-0.15, -0.1) is 0 Å². The first-order valence-electron chi connectivity index (χ1n) is 19.3. The Morgan fingerprint density at radius 3 is 0.873 bits per heavy atom. The molecule has 0 aromatic heterocycles. The predicted molar refractivity (Wildman–Crippen MR) is 231 cm³/mol. The van der Waals surface area contributed by atoms with Crippen LogP contribution >= 0.6 is 0 Å². The van der Waals surface area contributed by atoms with Crippen molar-refractivity contribution in [1.82, 2.24) is 0 Å². The lowest BCUT2D eigenvalue weighted by Gasteiger charge is -2.33. The highest BCUT2D eigenvalue weighted by Crippen LogP contribution is 2.64. The number of rotatable bonds is 6. The molecule has 1 spiro atoms. The standard InChI is InChI=1S/C53H42N2/c1-35-13-21-39(22-14-35)54(40-23-15-36(2)16-24-40)43-29-31-47-45-9-5-7-11-49(45)53(51(47)33-43)50-12-8-6-10-46(50)48-32-30-44(34-52(48)53)55(41-25-17-37(3)18-26-41)42-27-19-38(4)20-28-42/h5-34H,1-4H3. The molecule has 2 aliphatic carbocycles. The Labute approximate surface area is 324 Å². The van der Waals surface area contributed by atoms with Gasteiger partial charge < -0.3 is 9.80 Å². The number of anilines is 6. The highest BCUT2D eigenvalue weighted by Gasteiger charge is 2.52. The molecular formula is C53H42N2. The summed E-state index contributed by atoms with van der Waals surface area (Å²) in [6.07, 6.45) is 0. The maximum atomic E-state index is 2.48. The summed E-state index contributed by atoms with van der Waals surface area (Å²) in [5.74, 6) is 0. The minimum absolute atomic E-state index is 0.512. The summed E-state index contributed by atoms with van der Waals surface area (Å²) in [4.78, 5) is 4.81. The number of fused-ring (bicyclic) bond motifs is 10. The van der Waals surface area contributed by atoms with Gasteiger partial charge in [0.05, 0.1) is 5.41 Å². The minimum atomic E-state index is -0.512. The van der Waals surface area contributed by atoms with Crippen LogP contribution in [0.1, 0.15) is 44.5 Å². The Balaban J connectivity index is 1.24. The number of hydrogen-bond acceptors (Lipinski definition) is 2. The Morgan fingerprint density at radius 2 is 0.545 bits per heavy atom. The third kappa shape index (κ3) is 5.16. The van der Waals surface area contributed by atoms with Crippen LogP contribution in [0.4, 0.5) is 34.1 Å². The van der Waals surface area contributed by atoms with Crippen molar-refractivity contribution in [3.8, 4) is 22.3 Å². The highest BCUT2D eigenvalue weighted by molar-refractivity contribution is 5.97. The zero-order valence-electron chi connectivity index (χ0n) is 31.7. The van der Waals surface area contributed by atoms with Gasteiger partial charge in [-0.2, -0.15) is 0 Å².